The number of nitrogens with zero attached hydrogens (tertiary/aromatic N) is 4. The van der Waals surface area contributed by atoms with Gasteiger partial charge in [-0.2, -0.15) is 0 Å². The van der Waals surface area contributed by atoms with Crippen molar-refractivity contribution in [2.24, 2.45) is 0 Å². The van der Waals surface area contributed by atoms with E-state index >= 15 is 0 Å². The Bertz CT molecular complexity index is 1080. The molecule has 0 radical (unpaired) electrons. The van der Waals surface area contributed by atoms with Crippen molar-refractivity contribution >= 4 is 11.7 Å². The van der Waals surface area contributed by atoms with Gasteiger partial charge >= 0.3 is 0 Å². The highest BCUT2D eigenvalue weighted by Crippen LogP contribution is 2.28. The van der Waals surface area contributed by atoms with Crippen LogP contribution in [0.15, 0.2) is 54.6 Å². The standard InChI is InChI=1S/C25H28N4O4/c1-31-20-7-5-19(6-8-20)21-9-11-24(27-26-21)28-12-14-29(15-13-28)25(30)17-18-4-10-22(32-2)23(16-18)33-3/h4-11,16H,12-15,17H2,1-3H3. The first-order chi connectivity index (χ1) is 16.1. The number of anilines is 1. The van der Waals surface area contributed by atoms with Gasteiger partial charge < -0.3 is 24.0 Å². The van der Waals surface area contributed by atoms with Crippen LogP contribution in [-0.4, -0.2) is 68.5 Å². The monoisotopic (exact) mass is 448 g/mol. The first kappa shape index (κ1) is 22.4. The molecule has 172 valence electrons. The Hall–Kier alpha value is -3.81. The number of rotatable bonds is 7. The molecule has 0 spiro atoms. The molecule has 0 bridgehead atoms. The molecule has 33 heavy (non-hydrogen) atoms. The third kappa shape index (κ3) is 5.16. The van der Waals surface area contributed by atoms with Gasteiger partial charge in [0, 0.05) is 31.7 Å². The van der Waals surface area contributed by atoms with Crippen LogP contribution in [0.5, 0.6) is 17.2 Å². The number of ether oxygens (including phenoxy) is 3. The number of benzene rings is 2. The topological polar surface area (TPSA) is 77.0 Å². The average molecular weight is 449 g/mol. The lowest BCUT2D eigenvalue weighted by Crippen LogP contribution is -2.49. The summed E-state index contributed by atoms with van der Waals surface area (Å²) in [6, 6.07) is 17.3. The Morgan fingerprint density at radius 1 is 0.818 bits per heavy atom. The molecule has 1 saturated heterocycles. The summed E-state index contributed by atoms with van der Waals surface area (Å²) in [6.07, 6.45) is 0.330. The Labute approximate surface area is 193 Å². The third-order valence-electron chi connectivity index (χ3n) is 5.80. The number of methoxy groups -OCH3 is 3. The van der Waals surface area contributed by atoms with Crippen LogP contribution in [0.25, 0.3) is 11.3 Å². The SMILES string of the molecule is COc1ccc(-c2ccc(N3CCN(C(=O)Cc4ccc(OC)c(OC)c4)CC3)nn2)cc1. The van der Waals surface area contributed by atoms with Crippen LogP contribution in [0.2, 0.25) is 0 Å². The van der Waals surface area contributed by atoms with Crippen LogP contribution >= 0.6 is 0 Å². The van der Waals surface area contributed by atoms with Crippen molar-refractivity contribution in [2.45, 2.75) is 6.42 Å². The molecule has 3 aromatic rings. The van der Waals surface area contributed by atoms with E-state index in [1.54, 1.807) is 21.3 Å². The predicted molar refractivity (Wildman–Crippen MR) is 126 cm³/mol. The Morgan fingerprint density at radius 3 is 2.15 bits per heavy atom. The van der Waals surface area contributed by atoms with Crippen molar-refractivity contribution in [3.8, 4) is 28.5 Å². The summed E-state index contributed by atoms with van der Waals surface area (Å²) in [5, 5.41) is 8.79. The molecule has 0 aliphatic carbocycles. The van der Waals surface area contributed by atoms with Crippen LogP contribution in [0.3, 0.4) is 0 Å². The fourth-order valence-electron chi connectivity index (χ4n) is 3.87. The first-order valence-corrected chi connectivity index (χ1v) is 10.8. The van der Waals surface area contributed by atoms with Crippen molar-refractivity contribution in [2.75, 3.05) is 52.4 Å². The summed E-state index contributed by atoms with van der Waals surface area (Å²) >= 11 is 0. The quantitative estimate of drug-likeness (QED) is 0.550. The summed E-state index contributed by atoms with van der Waals surface area (Å²) in [4.78, 5) is 16.9. The molecular formula is C25H28N4O4. The molecule has 2 heterocycles. The Morgan fingerprint density at radius 2 is 1.55 bits per heavy atom. The molecule has 8 nitrogen and oxygen atoms in total. The zero-order valence-electron chi connectivity index (χ0n) is 19.2. The maximum Gasteiger partial charge on any atom is 0.227 e. The molecule has 1 fully saturated rings. The molecular weight excluding hydrogens is 420 g/mol. The van der Waals surface area contributed by atoms with E-state index in [4.69, 9.17) is 14.2 Å². The fraction of sp³-hybridized carbons (Fsp3) is 0.320. The van der Waals surface area contributed by atoms with E-state index in [1.807, 2.05) is 59.5 Å². The van der Waals surface area contributed by atoms with Crippen LogP contribution in [0.4, 0.5) is 5.82 Å². The number of hydrogen-bond donors (Lipinski definition) is 0. The van der Waals surface area contributed by atoms with Gasteiger partial charge in [0.1, 0.15) is 5.75 Å². The lowest BCUT2D eigenvalue weighted by atomic mass is 10.1. The molecule has 1 aliphatic rings. The van der Waals surface area contributed by atoms with E-state index in [2.05, 4.69) is 15.1 Å². The lowest BCUT2D eigenvalue weighted by molar-refractivity contribution is -0.130. The summed E-state index contributed by atoms with van der Waals surface area (Å²) in [7, 11) is 4.83. The molecule has 1 aliphatic heterocycles. The molecule has 0 atom stereocenters. The zero-order chi connectivity index (χ0) is 23.2. The number of aromatic nitrogens is 2. The minimum Gasteiger partial charge on any atom is -0.497 e. The molecule has 1 aromatic heterocycles. The molecule has 0 N–H and O–H groups in total. The van der Waals surface area contributed by atoms with Crippen molar-refractivity contribution < 1.29 is 19.0 Å². The van der Waals surface area contributed by atoms with Crippen molar-refractivity contribution in [1.29, 1.82) is 0 Å². The van der Waals surface area contributed by atoms with Crippen molar-refractivity contribution in [3.05, 3.63) is 60.2 Å². The van der Waals surface area contributed by atoms with Gasteiger partial charge in [0.15, 0.2) is 17.3 Å². The van der Waals surface area contributed by atoms with Gasteiger partial charge in [-0.1, -0.05) is 6.07 Å². The zero-order valence-corrected chi connectivity index (χ0v) is 19.2. The first-order valence-electron chi connectivity index (χ1n) is 10.8. The average Bonchev–Trinajstić information content (AvgIpc) is 2.89. The number of amides is 1. The molecule has 8 heteroatoms. The van der Waals surface area contributed by atoms with Gasteiger partial charge in [-0.15, -0.1) is 10.2 Å². The highest BCUT2D eigenvalue weighted by molar-refractivity contribution is 5.79. The van der Waals surface area contributed by atoms with Gasteiger partial charge in [-0.05, 0) is 54.1 Å². The molecule has 0 unspecified atom stereocenters. The molecule has 2 aromatic carbocycles. The van der Waals surface area contributed by atoms with E-state index in [1.165, 1.54) is 0 Å². The van der Waals surface area contributed by atoms with Crippen LogP contribution in [0, 0.1) is 0 Å². The van der Waals surface area contributed by atoms with Gasteiger partial charge in [0.05, 0.1) is 33.4 Å². The lowest BCUT2D eigenvalue weighted by Gasteiger charge is -2.35. The molecule has 0 saturated carbocycles. The second-order valence-electron chi connectivity index (χ2n) is 7.74. The predicted octanol–water partition coefficient (Wildman–Crippen LogP) is 3.06. The third-order valence-corrected chi connectivity index (χ3v) is 5.80. The van der Waals surface area contributed by atoms with E-state index in [-0.39, 0.29) is 5.91 Å². The number of piperazine rings is 1. The smallest absolute Gasteiger partial charge is 0.227 e. The highest BCUT2D eigenvalue weighted by Gasteiger charge is 2.22. The Kier molecular flexibility index (Phi) is 6.92. The summed E-state index contributed by atoms with van der Waals surface area (Å²) < 4.78 is 15.8. The number of hydrogen-bond acceptors (Lipinski definition) is 7. The van der Waals surface area contributed by atoms with E-state index in [9.17, 15) is 4.79 Å². The fourth-order valence-corrected chi connectivity index (χ4v) is 3.87. The summed E-state index contributed by atoms with van der Waals surface area (Å²) in [5.41, 5.74) is 2.70. The highest BCUT2D eigenvalue weighted by atomic mass is 16.5. The van der Waals surface area contributed by atoms with Gasteiger partial charge in [-0.25, -0.2) is 0 Å². The minimum atomic E-state index is 0.0998. The number of carbonyl (C=O) groups excluding carboxylic acids is 1. The van der Waals surface area contributed by atoms with Crippen molar-refractivity contribution in [1.82, 2.24) is 15.1 Å². The van der Waals surface area contributed by atoms with Crippen molar-refractivity contribution in [3.63, 3.8) is 0 Å². The van der Waals surface area contributed by atoms with Gasteiger partial charge in [-0.3, -0.25) is 4.79 Å². The van der Waals surface area contributed by atoms with E-state index in [0.717, 1.165) is 28.4 Å². The molecule has 1 amide bonds. The minimum absolute atomic E-state index is 0.0998. The maximum atomic E-state index is 12.8. The second-order valence-corrected chi connectivity index (χ2v) is 7.74. The van der Waals surface area contributed by atoms with Crippen LogP contribution in [0.1, 0.15) is 5.56 Å². The van der Waals surface area contributed by atoms with Crippen LogP contribution < -0.4 is 19.1 Å². The number of carbonyl (C=O) groups is 1. The van der Waals surface area contributed by atoms with Gasteiger partial charge in [0.25, 0.3) is 0 Å². The summed E-state index contributed by atoms with van der Waals surface area (Å²) in [5.74, 6) is 3.01. The Balaban J connectivity index is 1.33. The van der Waals surface area contributed by atoms with E-state index in [0.29, 0.717) is 44.1 Å². The van der Waals surface area contributed by atoms with Gasteiger partial charge in [0.2, 0.25) is 5.91 Å². The maximum absolute atomic E-state index is 12.8. The summed E-state index contributed by atoms with van der Waals surface area (Å²) in [6.45, 7) is 2.73. The van der Waals surface area contributed by atoms with Crippen LogP contribution in [-0.2, 0) is 11.2 Å². The normalized spacial score (nSPS) is 13.5. The second kappa shape index (κ2) is 10.2. The molecule has 4 rings (SSSR count). The largest absolute Gasteiger partial charge is 0.497 e. The van der Waals surface area contributed by atoms with E-state index < -0.39 is 0 Å².